The molecule has 4 heteroatoms. The minimum absolute atomic E-state index is 0.279. The second-order valence-electron chi connectivity index (χ2n) is 7.83. The standard InChI is InChI=1S/C23H29N3O/c1-19-6-5-9-22(16-19)24-12-14-25(15-13-24)23(27)18-26(21-10-11-21)17-20-7-3-2-4-8-20/h2-9,16,21H,10-15,17-18H2,1H3. The molecule has 4 rings (SSSR count). The van der Waals surface area contributed by atoms with Crippen molar-refractivity contribution in [3.63, 3.8) is 0 Å². The summed E-state index contributed by atoms with van der Waals surface area (Å²) in [7, 11) is 0. The molecule has 0 radical (unpaired) electrons. The van der Waals surface area contributed by atoms with E-state index in [4.69, 9.17) is 0 Å². The first-order chi connectivity index (χ1) is 13.2. The maximum Gasteiger partial charge on any atom is 0.236 e. The van der Waals surface area contributed by atoms with Crippen LogP contribution in [0.3, 0.4) is 0 Å². The van der Waals surface area contributed by atoms with E-state index in [0.717, 1.165) is 32.7 Å². The Morgan fingerprint density at radius 1 is 1.00 bits per heavy atom. The lowest BCUT2D eigenvalue weighted by Crippen LogP contribution is -2.51. The fraction of sp³-hybridized carbons (Fsp3) is 0.435. The van der Waals surface area contributed by atoms with Gasteiger partial charge in [0, 0.05) is 44.5 Å². The van der Waals surface area contributed by atoms with Crippen LogP contribution in [0.15, 0.2) is 54.6 Å². The van der Waals surface area contributed by atoms with Gasteiger partial charge in [-0.2, -0.15) is 0 Å². The van der Waals surface area contributed by atoms with Gasteiger partial charge in [0.05, 0.1) is 6.54 Å². The molecule has 2 aliphatic rings. The smallest absolute Gasteiger partial charge is 0.236 e. The molecule has 0 unspecified atom stereocenters. The molecule has 0 atom stereocenters. The number of benzene rings is 2. The number of hydrogen-bond acceptors (Lipinski definition) is 3. The van der Waals surface area contributed by atoms with Crippen molar-refractivity contribution in [1.82, 2.24) is 9.80 Å². The SMILES string of the molecule is Cc1cccc(N2CCN(C(=O)CN(Cc3ccccc3)C3CC3)CC2)c1. The van der Waals surface area contributed by atoms with Gasteiger partial charge in [-0.05, 0) is 43.0 Å². The van der Waals surface area contributed by atoms with E-state index in [0.29, 0.717) is 12.6 Å². The van der Waals surface area contributed by atoms with Crippen LogP contribution < -0.4 is 4.90 Å². The van der Waals surface area contributed by atoms with E-state index in [9.17, 15) is 4.79 Å². The molecule has 4 nitrogen and oxygen atoms in total. The molecule has 142 valence electrons. The Labute approximate surface area is 162 Å². The van der Waals surface area contributed by atoms with E-state index in [-0.39, 0.29) is 5.91 Å². The van der Waals surface area contributed by atoms with Crippen molar-refractivity contribution in [2.45, 2.75) is 32.4 Å². The summed E-state index contributed by atoms with van der Waals surface area (Å²) in [5.74, 6) is 0.279. The first-order valence-electron chi connectivity index (χ1n) is 10.1. The zero-order chi connectivity index (χ0) is 18.6. The van der Waals surface area contributed by atoms with Crippen molar-refractivity contribution in [3.8, 4) is 0 Å². The molecule has 1 saturated carbocycles. The van der Waals surface area contributed by atoms with Gasteiger partial charge in [-0.15, -0.1) is 0 Å². The third kappa shape index (κ3) is 4.69. The summed E-state index contributed by atoms with van der Waals surface area (Å²) in [6.07, 6.45) is 2.45. The fourth-order valence-corrected chi connectivity index (χ4v) is 3.88. The Morgan fingerprint density at radius 2 is 1.74 bits per heavy atom. The summed E-state index contributed by atoms with van der Waals surface area (Å²) in [6.45, 7) is 7.01. The van der Waals surface area contributed by atoms with Gasteiger partial charge < -0.3 is 9.80 Å². The number of hydrogen-bond donors (Lipinski definition) is 0. The number of amides is 1. The van der Waals surface area contributed by atoms with Crippen LogP contribution in [0.1, 0.15) is 24.0 Å². The van der Waals surface area contributed by atoms with Crippen molar-refractivity contribution in [2.75, 3.05) is 37.6 Å². The van der Waals surface area contributed by atoms with Crippen LogP contribution in [0.25, 0.3) is 0 Å². The zero-order valence-electron chi connectivity index (χ0n) is 16.2. The lowest BCUT2D eigenvalue weighted by molar-refractivity contribution is -0.133. The average Bonchev–Trinajstić information content (AvgIpc) is 3.54. The Bertz CT molecular complexity index is 764. The summed E-state index contributed by atoms with van der Waals surface area (Å²) in [4.78, 5) is 19.7. The van der Waals surface area contributed by atoms with Crippen LogP contribution in [0.5, 0.6) is 0 Å². The molecule has 1 heterocycles. The highest BCUT2D eigenvalue weighted by Crippen LogP contribution is 2.28. The molecule has 1 aliphatic carbocycles. The van der Waals surface area contributed by atoms with Crippen molar-refractivity contribution < 1.29 is 4.79 Å². The predicted molar refractivity (Wildman–Crippen MR) is 110 cm³/mol. The highest BCUT2D eigenvalue weighted by Gasteiger charge is 2.32. The fourth-order valence-electron chi connectivity index (χ4n) is 3.88. The number of aryl methyl sites for hydroxylation is 1. The zero-order valence-corrected chi connectivity index (χ0v) is 16.2. The van der Waals surface area contributed by atoms with Gasteiger partial charge >= 0.3 is 0 Å². The Kier molecular flexibility index (Phi) is 5.44. The van der Waals surface area contributed by atoms with E-state index in [1.807, 2.05) is 11.0 Å². The van der Waals surface area contributed by atoms with Crippen molar-refractivity contribution in [3.05, 3.63) is 65.7 Å². The van der Waals surface area contributed by atoms with Crippen LogP contribution >= 0.6 is 0 Å². The normalized spacial score (nSPS) is 17.4. The van der Waals surface area contributed by atoms with Gasteiger partial charge in [-0.1, -0.05) is 42.5 Å². The summed E-state index contributed by atoms with van der Waals surface area (Å²) in [6, 6.07) is 19.7. The molecule has 0 aromatic heterocycles. The molecule has 0 spiro atoms. The first kappa shape index (κ1) is 18.1. The predicted octanol–water partition coefficient (Wildman–Crippen LogP) is 3.31. The van der Waals surface area contributed by atoms with Crippen LogP contribution in [0, 0.1) is 6.92 Å². The number of anilines is 1. The number of piperazine rings is 1. The minimum atomic E-state index is 0.279. The summed E-state index contributed by atoms with van der Waals surface area (Å²) >= 11 is 0. The molecule has 0 bridgehead atoms. The largest absolute Gasteiger partial charge is 0.368 e. The molecule has 2 aromatic rings. The Hall–Kier alpha value is -2.33. The maximum absolute atomic E-state index is 12.9. The molecule has 0 N–H and O–H groups in total. The molecule has 2 aromatic carbocycles. The second kappa shape index (κ2) is 8.13. The van der Waals surface area contributed by atoms with E-state index < -0.39 is 0 Å². The van der Waals surface area contributed by atoms with Gasteiger partial charge in [0.2, 0.25) is 5.91 Å². The van der Waals surface area contributed by atoms with Crippen molar-refractivity contribution in [1.29, 1.82) is 0 Å². The Morgan fingerprint density at radius 3 is 2.41 bits per heavy atom. The minimum Gasteiger partial charge on any atom is -0.368 e. The Balaban J connectivity index is 1.32. The molecule has 27 heavy (non-hydrogen) atoms. The summed E-state index contributed by atoms with van der Waals surface area (Å²) in [5.41, 5.74) is 3.85. The number of carbonyl (C=O) groups excluding carboxylic acids is 1. The van der Waals surface area contributed by atoms with Gasteiger partial charge in [0.25, 0.3) is 0 Å². The highest BCUT2D eigenvalue weighted by molar-refractivity contribution is 5.78. The monoisotopic (exact) mass is 363 g/mol. The van der Waals surface area contributed by atoms with E-state index in [1.165, 1.54) is 29.7 Å². The van der Waals surface area contributed by atoms with Crippen LogP contribution in [-0.2, 0) is 11.3 Å². The van der Waals surface area contributed by atoms with Crippen LogP contribution in [-0.4, -0.2) is 54.5 Å². The van der Waals surface area contributed by atoms with Crippen molar-refractivity contribution in [2.24, 2.45) is 0 Å². The number of rotatable bonds is 6. The molecule has 1 amide bonds. The lowest BCUT2D eigenvalue weighted by atomic mass is 10.2. The highest BCUT2D eigenvalue weighted by atomic mass is 16.2. The molecular weight excluding hydrogens is 334 g/mol. The van der Waals surface area contributed by atoms with E-state index in [1.54, 1.807) is 0 Å². The molecule has 1 aliphatic heterocycles. The van der Waals surface area contributed by atoms with Crippen molar-refractivity contribution >= 4 is 11.6 Å². The topological polar surface area (TPSA) is 26.8 Å². The molecular formula is C23H29N3O. The number of nitrogens with zero attached hydrogens (tertiary/aromatic N) is 3. The average molecular weight is 364 g/mol. The van der Waals surface area contributed by atoms with Gasteiger partial charge in [0.1, 0.15) is 0 Å². The number of carbonyl (C=O) groups is 1. The van der Waals surface area contributed by atoms with E-state index in [2.05, 4.69) is 65.3 Å². The molecule has 2 fully saturated rings. The van der Waals surface area contributed by atoms with Crippen LogP contribution in [0.2, 0.25) is 0 Å². The maximum atomic E-state index is 12.9. The molecule has 1 saturated heterocycles. The lowest BCUT2D eigenvalue weighted by Gasteiger charge is -2.37. The van der Waals surface area contributed by atoms with Gasteiger partial charge in [0.15, 0.2) is 0 Å². The van der Waals surface area contributed by atoms with Gasteiger partial charge in [-0.25, -0.2) is 0 Å². The summed E-state index contributed by atoms with van der Waals surface area (Å²) < 4.78 is 0. The quantitative estimate of drug-likeness (QED) is 0.788. The third-order valence-corrected chi connectivity index (χ3v) is 5.63. The van der Waals surface area contributed by atoms with Crippen LogP contribution in [0.4, 0.5) is 5.69 Å². The summed E-state index contributed by atoms with van der Waals surface area (Å²) in [5, 5.41) is 0. The first-order valence-corrected chi connectivity index (χ1v) is 10.1. The van der Waals surface area contributed by atoms with Gasteiger partial charge in [-0.3, -0.25) is 9.69 Å². The third-order valence-electron chi connectivity index (χ3n) is 5.63. The second-order valence-corrected chi connectivity index (χ2v) is 7.83. The van der Waals surface area contributed by atoms with E-state index >= 15 is 0 Å².